The Balaban J connectivity index is 1.44. The van der Waals surface area contributed by atoms with Crippen molar-refractivity contribution in [1.29, 1.82) is 0 Å². The summed E-state index contributed by atoms with van der Waals surface area (Å²) in [7, 11) is 0. The van der Waals surface area contributed by atoms with Crippen molar-refractivity contribution in [3.05, 3.63) is 64.8 Å². The van der Waals surface area contributed by atoms with Gasteiger partial charge >= 0.3 is 6.01 Å². The molecule has 1 amide bonds. The Kier molecular flexibility index (Phi) is 4.35. The Morgan fingerprint density at radius 2 is 1.85 bits per heavy atom. The molecular weight excluding hydrogens is 334 g/mol. The largest absolute Gasteiger partial charge is 0.460 e. The molecule has 0 N–H and O–H groups in total. The number of carbonyl (C=O) groups is 1. The second-order valence-electron chi connectivity index (χ2n) is 6.11. The topological polar surface area (TPSA) is 85.5 Å². The van der Waals surface area contributed by atoms with E-state index in [0.717, 1.165) is 0 Å². The summed E-state index contributed by atoms with van der Waals surface area (Å²) in [5.74, 6) is -0.207. The zero-order valence-electron chi connectivity index (χ0n) is 14.0. The highest BCUT2D eigenvalue weighted by Gasteiger charge is 2.27. The van der Waals surface area contributed by atoms with Gasteiger partial charge in [0.25, 0.3) is 5.91 Å². The lowest BCUT2D eigenvalue weighted by atomic mass is 10.1. The van der Waals surface area contributed by atoms with E-state index < -0.39 is 0 Å². The summed E-state index contributed by atoms with van der Waals surface area (Å²) in [5, 5.41) is 0.471. The molecule has 7 nitrogen and oxygen atoms in total. The number of piperidine rings is 1. The van der Waals surface area contributed by atoms with E-state index in [2.05, 4.69) is 9.97 Å². The van der Waals surface area contributed by atoms with Crippen molar-refractivity contribution in [3.63, 3.8) is 0 Å². The van der Waals surface area contributed by atoms with Crippen LogP contribution in [0.4, 0.5) is 0 Å². The van der Waals surface area contributed by atoms with Crippen LogP contribution in [0, 0.1) is 0 Å². The maximum Gasteiger partial charge on any atom is 0.316 e. The molecule has 7 heteroatoms. The van der Waals surface area contributed by atoms with Gasteiger partial charge in [0.1, 0.15) is 11.7 Å². The summed E-state index contributed by atoms with van der Waals surface area (Å²) >= 11 is 0. The van der Waals surface area contributed by atoms with Gasteiger partial charge in [-0.15, -0.1) is 0 Å². The van der Waals surface area contributed by atoms with Crippen LogP contribution < -0.4 is 10.2 Å². The summed E-state index contributed by atoms with van der Waals surface area (Å²) in [6, 6.07) is 10.3. The van der Waals surface area contributed by atoms with Crippen molar-refractivity contribution in [3.8, 4) is 6.01 Å². The van der Waals surface area contributed by atoms with Gasteiger partial charge in [0.05, 0.1) is 5.39 Å². The van der Waals surface area contributed by atoms with Crippen LogP contribution in [0.15, 0.2) is 58.0 Å². The molecule has 0 atom stereocenters. The van der Waals surface area contributed by atoms with Crippen LogP contribution in [-0.2, 0) is 0 Å². The van der Waals surface area contributed by atoms with Gasteiger partial charge in [-0.1, -0.05) is 12.1 Å². The second-order valence-corrected chi connectivity index (χ2v) is 6.11. The average Bonchev–Trinajstić information content (AvgIpc) is 2.69. The summed E-state index contributed by atoms with van der Waals surface area (Å²) in [6.45, 7) is 1.04. The Labute approximate surface area is 149 Å². The molecule has 132 valence electrons. The average molecular weight is 351 g/mol. The minimum absolute atomic E-state index is 0.0370. The predicted molar refractivity (Wildman–Crippen MR) is 94.1 cm³/mol. The molecule has 0 aliphatic carbocycles. The smallest absolute Gasteiger partial charge is 0.316 e. The zero-order chi connectivity index (χ0) is 17.9. The fraction of sp³-hybridized carbons (Fsp3) is 0.263. The Hall–Kier alpha value is -3.22. The van der Waals surface area contributed by atoms with Crippen molar-refractivity contribution >= 4 is 16.9 Å². The molecule has 0 unspecified atom stereocenters. The molecule has 3 aromatic rings. The summed E-state index contributed by atoms with van der Waals surface area (Å²) < 4.78 is 11.4. The molecule has 0 saturated carbocycles. The molecule has 26 heavy (non-hydrogen) atoms. The van der Waals surface area contributed by atoms with Crippen molar-refractivity contribution in [2.45, 2.75) is 18.9 Å². The molecule has 1 fully saturated rings. The molecule has 2 aromatic heterocycles. The van der Waals surface area contributed by atoms with E-state index in [9.17, 15) is 9.59 Å². The molecule has 1 aromatic carbocycles. The fourth-order valence-corrected chi connectivity index (χ4v) is 3.04. The lowest BCUT2D eigenvalue weighted by molar-refractivity contribution is 0.0551. The van der Waals surface area contributed by atoms with Crippen molar-refractivity contribution < 1.29 is 13.9 Å². The number of hydrogen-bond acceptors (Lipinski definition) is 6. The van der Waals surface area contributed by atoms with Crippen molar-refractivity contribution in [2.75, 3.05) is 13.1 Å². The minimum Gasteiger partial charge on any atom is -0.460 e. The van der Waals surface area contributed by atoms with E-state index in [1.807, 2.05) is 0 Å². The minimum atomic E-state index is -0.276. The van der Waals surface area contributed by atoms with Gasteiger partial charge in [-0.05, 0) is 18.2 Å². The van der Waals surface area contributed by atoms with Gasteiger partial charge in [0, 0.05) is 44.4 Å². The summed E-state index contributed by atoms with van der Waals surface area (Å²) in [5.41, 5.74) is 0.206. The van der Waals surface area contributed by atoms with Crippen LogP contribution in [0.25, 0.3) is 11.0 Å². The first-order valence-corrected chi connectivity index (χ1v) is 8.46. The third-order valence-electron chi connectivity index (χ3n) is 4.39. The number of para-hydroxylation sites is 1. The lowest BCUT2D eigenvalue weighted by Crippen LogP contribution is -2.42. The van der Waals surface area contributed by atoms with Crippen molar-refractivity contribution in [2.24, 2.45) is 0 Å². The van der Waals surface area contributed by atoms with Gasteiger partial charge in [-0.25, -0.2) is 9.97 Å². The quantitative estimate of drug-likeness (QED) is 0.719. The number of amides is 1. The SMILES string of the molecule is O=C(c1cc(=O)c2ccccc2o1)N1CCC(Oc2ncccn2)CC1. The normalized spacial score (nSPS) is 15.2. The predicted octanol–water partition coefficient (Wildman–Crippen LogP) is 2.27. The number of hydrogen-bond donors (Lipinski definition) is 0. The number of fused-ring (bicyclic) bond motifs is 1. The van der Waals surface area contributed by atoms with E-state index in [1.54, 1.807) is 47.6 Å². The van der Waals surface area contributed by atoms with Gasteiger partial charge < -0.3 is 14.1 Å². The van der Waals surface area contributed by atoms with Crippen LogP contribution in [0.1, 0.15) is 23.4 Å². The number of benzene rings is 1. The molecule has 4 rings (SSSR count). The Bertz CT molecular complexity index is 979. The number of likely N-dealkylation sites (tertiary alicyclic amines) is 1. The molecule has 0 radical (unpaired) electrons. The van der Waals surface area contributed by atoms with E-state index in [1.165, 1.54) is 6.07 Å². The number of ether oxygens (including phenoxy) is 1. The highest BCUT2D eigenvalue weighted by Crippen LogP contribution is 2.19. The monoisotopic (exact) mass is 351 g/mol. The highest BCUT2D eigenvalue weighted by molar-refractivity contribution is 5.93. The molecule has 0 bridgehead atoms. The summed E-state index contributed by atoms with van der Waals surface area (Å²) in [6.07, 6.45) is 4.56. The first-order valence-electron chi connectivity index (χ1n) is 8.46. The first kappa shape index (κ1) is 16.3. The summed E-state index contributed by atoms with van der Waals surface area (Å²) in [4.78, 5) is 34.6. The number of nitrogens with zero attached hydrogens (tertiary/aromatic N) is 3. The first-order chi connectivity index (χ1) is 12.7. The molecule has 3 heterocycles. The van der Waals surface area contributed by atoms with E-state index in [4.69, 9.17) is 9.15 Å². The highest BCUT2D eigenvalue weighted by atomic mass is 16.5. The third-order valence-corrected chi connectivity index (χ3v) is 4.39. The number of carbonyl (C=O) groups excluding carboxylic acids is 1. The van der Waals surface area contributed by atoms with Crippen LogP contribution in [0.3, 0.4) is 0 Å². The number of rotatable bonds is 3. The standard InChI is InChI=1S/C19H17N3O4/c23-15-12-17(26-16-5-2-1-4-14(15)16)18(24)22-10-6-13(7-11-22)25-19-20-8-3-9-21-19/h1-5,8-9,12-13H,6-7,10-11H2. The molecular formula is C19H17N3O4. The molecule has 1 aliphatic rings. The van der Waals surface area contributed by atoms with Crippen molar-refractivity contribution in [1.82, 2.24) is 14.9 Å². The van der Waals surface area contributed by atoms with Gasteiger partial charge in [-0.3, -0.25) is 9.59 Å². The molecule has 0 spiro atoms. The Morgan fingerprint density at radius 1 is 1.12 bits per heavy atom. The molecule has 1 saturated heterocycles. The van der Waals surface area contributed by atoms with Crippen LogP contribution >= 0.6 is 0 Å². The van der Waals surface area contributed by atoms with Gasteiger partial charge in [-0.2, -0.15) is 0 Å². The van der Waals surface area contributed by atoms with Gasteiger partial charge in [0.2, 0.25) is 0 Å². The maximum absolute atomic E-state index is 12.7. The zero-order valence-corrected chi connectivity index (χ0v) is 14.0. The van der Waals surface area contributed by atoms with E-state index in [-0.39, 0.29) is 23.2 Å². The van der Waals surface area contributed by atoms with Crippen LogP contribution in [0.5, 0.6) is 6.01 Å². The maximum atomic E-state index is 12.7. The number of aromatic nitrogens is 2. The Morgan fingerprint density at radius 3 is 2.62 bits per heavy atom. The van der Waals surface area contributed by atoms with E-state index in [0.29, 0.717) is 42.9 Å². The lowest BCUT2D eigenvalue weighted by Gasteiger charge is -2.31. The van der Waals surface area contributed by atoms with Crippen LogP contribution in [0.2, 0.25) is 0 Å². The van der Waals surface area contributed by atoms with Gasteiger partial charge in [0.15, 0.2) is 11.2 Å². The van der Waals surface area contributed by atoms with E-state index >= 15 is 0 Å². The molecule has 1 aliphatic heterocycles. The fourth-order valence-electron chi connectivity index (χ4n) is 3.04. The van der Waals surface area contributed by atoms with Crippen LogP contribution in [-0.4, -0.2) is 40.0 Å². The second kappa shape index (κ2) is 6.95. The third kappa shape index (κ3) is 3.28.